The maximum atomic E-state index is 5.97. The Morgan fingerprint density at radius 1 is 0.960 bits per heavy atom. The molecular weight excluding hydrogens is 330 g/mol. The van der Waals surface area contributed by atoms with Crippen molar-refractivity contribution in [3.05, 3.63) is 94.0 Å². The standard InChI is InChI=1S/C22H20ClNO/c1-16-7-8-17(2)21(13-16)24-14-19-5-3-4-6-22(19)25-15-18-9-11-20(23)12-10-18/h3-14H,15H2,1-2H3. The van der Waals surface area contributed by atoms with Gasteiger partial charge in [0.05, 0.1) is 5.69 Å². The van der Waals surface area contributed by atoms with Crippen molar-refractivity contribution in [2.45, 2.75) is 20.5 Å². The first-order valence-corrected chi connectivity index (χ1v) is 8.57. The molecule has 0 atom stereocenters. The van der Waals surface area contributed by atoms with Gasteiger partial charge in [-0.3, -0.25) is 4.99 Å². The third kappa shape index (κ3) is 4.71. The molecule has 0 aromatic heterocycles. The minimum atomic E-state index is 0.492. The summed E-state index contributed by atoms with van der Waals surface area (Å²) in [6.45, 7) is 4.63. The molecule has 0 heterocycles. The summed E-state index contributed by atoms with van der Waals surface area (Å²) in [5, 5.41) is 0.727. The molecule has 0 radical (unpaired) electrons. The Kier molecular flexibility index (Phi) is 5.52. The van der Waals surface area contributed by atoms with Crippen LogP contribution in [0.3, 0.4) is 0 Å². The predicted octanol–water partition coefficient (Wildman–Crippen LogP) is 6.29. The largest absolute Gasteiger partial charge is 0.488 e. The Hall–Kier alpha value is -2.58. The SMILES string of the molecule is Cc1ccc(C)c(N=Cc2ccccc2OCc2ccc(Cl)cc2)c1. The zero-order valence-electron chi connectivity index (χ0n) is 14.4. The fourth-order valence-electron chi connectivity index (χ4n) is 2.46. The zero-order chi connectivity index (χ0) is 17.6. The molecule has 0 spiro atoms. The van der Waals surface area contributed by atoms with Gasteiger partial charge in [-0.2, -0.15) is 0 Å². The molecule has 3 aromatic carbocycles. The Morgan fingerprint density at radius 3 is 2.52 bits per heavy atom. The van der Waals surface area contributed by atoms with Gasteiger partial charge in [0.15, 0.2) is 0 Å². The molecule has 3 rings (SSSR count). The van der Waals surface area contributed by atoms with E-state index in [9.17, 15) is 0 Å². The first kappa shape index (κ1) is 17.2. The molecule has 0 fully saturated rings. The number of hydrogen-bond acceptors (Lipinski definition) is 2. The van der Waals surface area contributed by atoms with E-state index in [1.54, 1.807) is 0 Å². The smallest absolute Gasteiger partial charge is 0.128 e. The van der Waals surface area contributed by atoms with Crippen molar-refractivity contribution in [3.8, 4) is 5.75 Å². The minimum Gasteiger partial charge on any atom is -0.488 e. The highest BCUT2D eigenvalue weighted by Gasteiger charge is 2.02. The van der Waals surface area contributed by atoms with Crippen LogP contribution in [0.5, 0.6) is 5.75 Å². The average molecular weight is 350 g/mol. The molecule has 0 aliphatic carbocycles. The first-order valence-electron chi connectivity index (χ1n) is 8.19. The molecule has 0 amide bonds. The predicted molar refractivity (Wildman–Crippen MR) is 105 cm³/mol. The lowest BCUT2D eigenvalue weighted by Crippen LogP contribution is -1.98. The highest BCUT2D eigenvalue weighted by atomic mass is 35.5. The van der Waals surface area contributed by atoms with E-state index in [1.165, 1.54) is 5.56 Å². The molecule has 0 saturated carbocycles. The molecule has 3 heteroatoms. The third-order valence-corrected chi connectivity index (χ3v) is 4.19. The average Bonchev–Trinajstić information content (AvgIpc) is 2.63. The van der Waals surface area contributed by atoms with Gasteiger partial charge in [-0.25, -0.2) is 0 Å². The molecule has 2 nitrogen and oxygen atoms in total. The molecule has 126 valence electrons. The van der Waals surface area contributed by atoms with Crippen molar-refractivity contribution >= 4 is 23.5 Å². The highest BCUT2D eigenvalue weighted by Crippen LogP contribution is 2.22. The van der Waals surface area contributed by atoms with Gasteiger partial charge in [-0.05, 0) is 60.9 Å². The van der Waals surface area contributed by atoms with E-state index in [-0.39, 0.29) is 0 Å². The van der Waals surface area contributed by atoms with Crippen LogP contribution in [0.1, 0.15) is 22.3 Å². The molecular formula is C22H20ClNO. The molecule has 0 bridgehead atoms. The zero-order valence-corrected chi connectivity index (χ0v) is 15.1. The van der Waals surface area contributed by atoms with Gasteiger partial charge < -0.3 is 4.74 Å². The van der Waals surface area contributed by atoms with Crippen LogP contribution in [0.15, 0.2) is 71.7 Å². The summed E-state index contributed by atoms with van der Waals surface area (Å²) < 4.78 is 5.97. The van der Waals surface area contributed by atoms with E-state index in [4.69, 9.17) is 16.3 Å². The second-order valence-corrected chi connectivity index (χ2v) is 6.44. The number of ether oxygens (including phenoxy) is 1. The van der Waals surface area contributed by atoms with Crippen LogP contribution in [0.4, 0.5) is 5.69 Å². The number of rotatable bonds is 5. The van der Waals surface area contributed by atoms with Gasteiger partial charge in [0.2, 0.25) is 0 Å². The van der Waals surface area contributed by atoms with E-state index in [0.29, 0.717) is 6.61 Å². The van der Waals surface area contributed by atoms with E-state index >= 15 is 0 Å². The molecule has 25 heavy (non-hydrogen) atoms. The Balaban J connectivity index is 1.77. The summed E-state index contributed by atoms with van der Waals surface area (Å²) in [6, 6.07) is 21.9. The van der Waals surface area contributed by atoms with Gasteiger partial charge in [-0.15, -0.1) is 0 Å². The number of nitrogens with zero attached hydrogens (tertiary/aromatic N) is 1. The fraction of sp³-hybridized carbons (Fsp3) is 0.136. The summed E-state index contributed by atoms with van der Waals surface area (Å²) in [6.07, 6.45) is 1.86. The van der Waals surface area contributed by atoms with Crippen LogP contribution in [0.25, 0.3) is 0 Å². The molecule has 0 N–H and O–H groups in total. The lowest BCUT2D eigenvalue weighted by Gasteiger charge is -2.09. The summed E-state index contributed by atoms with van der Waals surface area (Å²) >= 11 is 5.92. The third-order valence-electron chi connectivity index (χ3n) is 3.93. The highest BCUT2D eigenvalue weighted by molar-refractivity contribution is 6.30. The number of halogens is 1. The van der Waals surface area contributed by atoms with E-state index < -0.39 is 0 Å². The second-order valence-electron chi connectivity index (χ2n) is 6.00. The van der Waals surface area contributed by atoms with E-state index in [2.05, 4.69) is 37.0 Å². The van der Waals surface area contributed by atoms with Gasteiger partial charge in [-0.1, -0.05) is 48.0 Å². The van der Waals surface area contributed by atoms with E-state index in [1.807, 2.05) is 54.7 Å². The molecule has 0 saturated heterocycles. The van der Waals surface area contributed by atoms with Crippen molar-refractivity contribution in [1.29, 1.82) is 0 Å². The topological polar surface area (TPSA) is 21.6 Å². The molecule has 3 aromatic rings. The molecule has 0 unspecified atom stereocenters. The maximum absolute atomic E-state index is 5.97. The Morgan fingerprint density at radius 2 is 1.72 bits per heavy atom. The summed E-state index contributed by atoms with van der Waals surface area (Å²) in [4.78, 5) is 4.64. The van der Waals surface area contributed by atoms with Crippen molar-refractivity contribution in [2.24, 2.45) is 4.99 Å². The first-order chi connectivity index (χ1) is 12.1. The van der Waals surface area contributed by atoms with Crippen molar-refractivity contribution in [2.75, 3.05) is 0 Å². The van der Waals surface area contributed by atoms with Gasteiger partial charge in [0.1, 0.15) is 12.4 Å². The van der Waals surface area contributed by atoms with Gasteiger partial charge >= 0.3 is 0 Å². The van der Waals surface area contributed by atoms with Crippen LogP contribution in [-0.2, 0) is 6.61 Å². The Labute approximate surface area is 153 Å². The normalized spacial score (nSPS) is 11.0. The fourth-order valence-corrected chi connectivity index (χ4v) is 2.58. The molecule has 0 aliphatic heterocycles. The van der Waals surface area contributed by atoms with Gasteiger partial charge in [0, 0.05) is 16.8 Å². The van der Waals surface area contributed by atoms with E-state index in [0.717, 1.165) is 33.1 Å². The number of aryl methyl sites for hydroxylation is 2. The van der Waals surface area contributed by atoms with Crippen molar-refractivity contribution in [1.82, 2.24) is 0 Å². The van der Waals surface area contributed by atoms with Crippen LogP contribution < -0.4 is 4.74 Å². The van der Waals surface area contributed by atoms with Crippen LogP contribution in [0.2, 0.25) is 5.02 Å². The number of hydrogen-bond donors (Lipinski definition) is 0. The number of benzene rings is 3. The lowest BCUT2D eigenvalue weighted by molar-refractivity contribution is 0.306. The second kappa shape index (κ2) is 8.00. The van der Waals surface area contributed by atoms with Crippen LogP contribution in [-0.4, -0.2) is 6.21 Å². The van der Waals surface area contributed by atoms with Crippen molar-refractivity contribution in [3.63, 3.8) is 0 Å². The minimum absolute atomic E-state index is 0.492. The lowest BCUT2D eigenvalue weighted by atomic mass is 10.1. The van der Waals surface area contributed by atoms with Crippen molar-refractivity contribution < 1.29 is 4.74 Å². The number of para-hydroxylation sites is 1. The summed E-state index contributed by atoms with van der Waals surface area (Å²) in [7, 11) is 0. The quantitative estimate of drug-likeness (QED) is 0.496. The van der Waals surface area contributed by atoms with Crippen LogP contribution in [0, 0.1) is 13.8 Å². The number of aliphatic imine (C=N–C) groups is 1. The summed E-state index contributed by atoms with van der Waals surface area (Å²) in [5.74, 6) is 0.812. The van der Waals surface area contributed by atoms with Crippen LogP contribution >= 0.6 is 11.6 Å². The monoisotopic (exact) mass is 349 g/mol. The Bertz CT molecular complexity index is 885. The maximum Gasteiger partial charge on any atom is 0.128 e. The summed E-state index contributed by atoms with van der Waals surface area (Å²) in [5.41, 5.74) is 5.36. The van der Waals surface area contributed by atoms with Gasteiger partial charge in [0.25, 0.3) is 0 Å². The molecule has 0 aliphatic rings.